The Morgan fingerprint density at radius 2 is 2.07 bits per heavy atom. The van der Waals surface area contributed by atoms with Crippen molar-refractivity contribution in [2.24, 2.45) is 7.05 Å². The van der Waals surface area contributed by atoms with Crippen molar-refractivity contribution < 1.29 is 0 Å². The maximum absolute atomic E-state index is 4.44. The van der Waals surface area contributed by atoms with Gasteiger partial charge in [-0.05, 0) is 24.5 Å². The molecular formula is C11H15N3. The van der Waals surface area contributed by atoms with Crippen LogP contribution in [0.5, 0.6) is 0 Å². The summed E-state index contributed by atoms with van der Waals surface area (Å²) < 4.78 is 1.85. The third kappa shape index (κ3) is 1.29. The standard InChI is InChI=1S/C11H15N3/c1-4-8-6-9-10(5-2)13-14(3)11(9)12-7-8/h6-7H,4-5H2,1-3H3. The van der Waals surface area contributed by atoms with Gasteiger partial charge in [0.05, 0.1) is 5.69 Å². The van der Waals surface area contributed by atoms with E-state index in [1.807, 2.05) is 17.9 Å². The van der Waals surface area contributed by atoms with Crippen LogP contribution >= 0.6 is 0 Å². The molecule has 0 bridgehead atoms. The number of pyridine rings is 1. The monoisotopic (exact) mass is 189 g/mol. The first-order valence-electron chi connectivity index (χ1n) is 5.06. The smallest absolute Gasteiger partial charge is 0.157 e. The minimum Gasteiger partial charge on any atom is -0.250 e. The maximum atomic E-state index is 4.44. The van der Waals surface area contributed by atoms with Crippen molar-refractivity contribution in [1.82, 2.24) is 14.8 Å². The van der Waals surface area contributed by atoms with Crippen molar-refractivity contribution in [1.29, 1.82) is 0 Å². The molecule has 0 aliphatic heterocycles. The van der Waals surface area contributed by atoms with Crippen LogP contribution in [0.2, 0.25) is 0 Å². The van der Waals surface area contributed by atoms with Crippen LogP contribution in [0, 0.1) is 0 Å². The van der Waals surface area contributed by atoms with E-state index in [1.54, 1.807) is 0 Å². The van der Waals surface area contributed by atoms with Crippen LogP contribution in [0.15, 0.2) is 12.3 Å². The van der Waals surface area contributed by atoms with Crippen molar-refractivity contribution in [3.05, 3.63) is 23.5 Å². The van der Waals surface area contributed by atoms with Gasteiger partial charge < -0.3 is 0 Å². The lowest BCUT2D eigenvalue weighted by Gasteiger charge is -1.97. The molecule has 0 N–H and O–H groups in total. The molecule has 0 amide bonds. The topological polar surface area (TPSA) is 30.7 Å². The Balaban J connectivity index is 2.71. The highest BCUT2D eigenvalue weighted by molar-refractivity contribution is 5.78. The van der Waals surface area contributed by atoms with Gasteiger partial charge in [0.25, 0.3) is 0 Å². The molecule has 0 saturated carbocycles. The molecule has 2 rings (SSSR count). The predicted octanol–water partition coefficient (Wildman–Crippen LogP) is 2.09. The molecular weight excluding hydrogens is 174 g/mol. The number of hydrogen-bond acceptors (Lipinski definition) is 2. The Bertz CT molecular complexity index is 457. The zero-order chi connectivity index (χ0) is 10.1. The van der Waals surface area contributed by atoms with Crippen molar-refractivity contribution in [3.8, 4) is 0 Å². The highest BCUT2D eigenvalue weighted by atomic mass is 15.3. The molecule has 3 heteroatoms. The molecule has 0 atom stereocenters. The van der Waals surface area contributed by atoms with Crippen LogP contribution in [0.3, 0.4) is 0 Å². The van der Waals surface area contributed by atoms with Crippen LogP contribution in [0.25, 0.3) is 11.0 Å². The second-order valence-corrected chi connectivity index (χ2v) is 3.49. The Labute approximate surface area is 83.8 Å². The van der Waals surface area contributed by atoms with Gasteiger partial charge in [0, 0.05) is 18.6 Å². The van der Waals surface area contributed by atoms with Crippen molar-refractivity contribution in [2.75, 3.05) is 0 Å². The summed E-state index contributed by atoms with van der Waals surface area (Å²) in [6, 6.07) is 2.20. The Morgan fingerprint density at radius 1 is 1.29 bits per heavy atom. The summed E-state index contributed by atoms with van der Waals surface area (Å²) in [5.74, 6) is 0. The van der Waals surface area contributed by atoms with Gasteiger partial charge in [-0.2, -0.15) is 5.10 Å². The molecule has 0 aliphatic carbocycles. The van der Waals surface area contributed by atoms with Crippen LogP contribution in [0.4, 0.5) is 0 Å². The number of aromatic nitrogens is 3. The molecule has 2 heterocycles. The Hall–Kier alpha value is -1.38. The normalized spacial score (nSPS) is 11.1. The van der Waals surface area contributed by atoms with Gasteiger partial charge in [-0.3, -0.25) is 4.68 Å². The van der Waals surface area contributed by atoms with E-state index in [-0.39, 0.29) is 0 Å². The molecule has 0 radical (unpaired) electrons. The first-order chi connectivity index (χ1) is 6.76. The van der Waals surface area contributed by atoms with E-state index in [9.17, 15) is 0 Å². The first kappa shape index (κ1) is 9.19. The quantitative estimate of drug-likeness (QED) is 0.724. The fraction of sp³-hybridized carbons (Fsp3) is 0.455. The molecule has 0 spiro atoms. The number of rotatable bonds is 2. The lowest BCUT2D eigenvalue weighted by Crippen LogP contribution is -1.92. The number of hydrogen-bond donors (Lipinski definition) is 0. The van der Waals surface area contributed by atoms with Crippen molar-refractivity contribution in [2.45, 2.75) is 26.7 Å². The highest BCUT2D eigenvalue weighted by Crippen LogP contribution is 2.17. The molecule has 14 heavy (non-hydrogen) atoms. The molecule has 0 aliphatic rings. The summed E-state index contributed by atoms with van der Waals surface area (Å²) in [4.78, 5) is 4.42. The molecule has 2 aromatic rings. The lowest BCUT2D eigenvalue weighted by atomic mass is 10.1. The van der Waals surface area contributed by atoms with E-state index in [2.05, 4.69) is 30.0 Å². The fourth-order valence-corrected chi connectivity index (χ4v) is 1.71. The van der Waals surface area contributed by atoms with E-state index in [0.29, 0.717) is 0 Å². The molecule has 2 aromatic heterocycles. The second kappa shape index (κ2) is 3.40. The maximum Gasteiger partial charge on any atom is 0.157 e. The molecule has 74 valence electrons. The molecule has 0 fully saturated rings. The Kier molecular flexibility index (Phi) is 2.23. The van der Waals surface area contributed by atoms with Gasteiger partial charge in [0.15, 0.2) is 5.65 Å². The molecule has 3 nitrogen and oxygen atoms in total. The van der Waals surface area contributed by atoms with Gasteiger partial charge in [0.2, 0.25) is 0 Å². The van der Waals surface area contributed by atoms with Gasteiger partial charge in [-0.25, -0.2) is 4.98 Å². The minimum atomic E-state index is 0.964. The largest absolute Gasteiger partial charge is 0.250 e. The first-order valence-corrected chi connectivity index (χ1v) is 5.06. The van der Waals surface area contributed by atoms with E-state index in [4.69, 9.17) is 0 Å². The minimum absolute atomic E-state index is 0.964. The lowest BCUT2D eigenvalue weighted by molar-refractivity contribution is 0.761. The van der Waals surface area contributed by atoms with Crippen LogP contribution in [-0.2, 0) is 19.9 Å². The average Bonchev–Trinajstić information content (AvgIpc) is 2.55. The predicted molar refractivity (Wildman–Crippen MR) is 57.3 cm³/mol. The SMILES string of the molecule is CCc1cnc2c(c1)c(CC)nn2C. The summed E-state index contributed by atoms with van der Waals surface area (Å²) in [5, 5.41) is 5.64. The number of nitrogens with zero attached hydrogens (tertiary/aromatic N) is 3. The zero-order valence-electron chi connectivity index (χ0n) is 8.91. The summed E-state index contributed by atoms with van der Waals surface area (Å²) in [5.41, 5.74) is 3.41. The summed E-state index contributed by atoms with van der Waals surface area (Å²) in [6.45, 7) is 4.27. The van der Waals surface area contributed by atoms with Gasteiger partial charge in [0.1, 0.15) is 0 Å². The van der Waals surface area contributed by atoms with Crippen molar-refractivity contribution in [3.63, 3.8) is 0 Å². The van der Waals surface area contributed by atoms with Crippen LogP contribution in [-0.4, -0.2) is 14.8 Å². The fourth-order valence-electron chi connectivity index (χ4n) is 1.71. The van der Waals surface area contributed by atoms with Crippen LogP contribution in [0.1, 0.15) is 25.1 Å². The summed E-state index contributed by atoms with van der Waals surface area (Å²) >= 11 is 0. The molecule has 0 saturated heterocycles. The van der Waals surface area contributed by atoms with Gasteiger partial charge in [-0.1, -0.05) is 13.8 Å². The summed E-state index contributed by atoms with van der Waals surface area (Å²) in [6.07, 6.45) is 3.93. The summed E-state index contributed by atoms with van der Waals surface area (Å²) in [7, 11) is 1.94. The average molecular weight is 189 g/mol. The van der Waals surface area contributed by atoms with Gasteiger partial charge in [-0.15, -0.1) is 0 Å². The molecule has 0 aromatic carbocycles. The molecule has 0 unspecified atom stereocenters. The zero-order valence-corrected chi connectivity index (χ0v) is 8.91. The van der Waals surface area contributed by atoms with E-state index >= 15 is 0 Å². The van der Waals surface area contributed by atoms with Crippen LogP contribution < -0.4 is 0 Å². The Morgan fingerprint density at radius 3 is 2.71 bits per heavy atom. The van der Waals surface area contributed by atoms with E-state index < -0.39 is 0 Å². The third-order valence-electron chi connectivity index (χ3n) is 2.55. The number of fused-ring (bicyclic) bond motifs is 1. The second-order valence-electron chi connectivity index (χ2n) is 3.49. The van der Waals surface area contributed by atoms with E-state index in [1.165, 1.54) is 10.9 Å². The van der Waals surface area contributed by atoms with Crippen molar-refractivity contribution >= 4 is 11.0 Å². The van der Waals surface area contributed by atoms with E-state index in [0.717, 1.165) is 24.2 Å². The number of aryl methyl sites for hydroxylation is 3. The third-order valence-corrected chi connectivity index (χ3v) is 2.55. The highest BCUT2D eigenvalue weighted by Gasteiger charge is 2.07. The van der Waals surface area contributed by atoms with Gasteiger partial charge >= 0.3 is 0 Å².